The normalized spacial score (nSPS) is 16.2. The monoisotopic (exact) mass is 394 g/mol. The van der Waals surface area contributed by atoms with Gasteiger partial charge < -0.3 is 19.2 Å². The van der Waals surface area contributed by atoms with Crippen LogP contribution in [0.3, 0.4) is 0 Å². The molecule has 1 aromatic carbocycles. The predicted octanol–water partition coefficient (Wildman–Crippen LogP) is 3.85. The Hall–Kier alpha value is -2.86. The molecule has 1 aliphatic rings. The minimum atomic E-state index is -0.531. The Labute approximate surface area is 169 Å². The molecule has 0 unspecified atom stereocenters. The van der Waals surface area contributed by atoms with Crippen LogP contribution in [0.1, 0.15) is 37.0 Å². The van der Waals surface area contributed by atoms with Crippen molar-refractivity contribution in [2.45, 2.75) is 32.8 Å². The molecule has 1 aliphatic heterocycles. The molecule has 3 aromatic rings. The zero-order valence-corrected chi connectivity index (χ0v) is 16.8. The molecule has 0 radical (unpaired) electrons. The summed E-state index contributed by atoms with van der Waals surface area (Å²) in [5, 5.41) is 10.9. The topological polar surface area (TPSA) is 75.8 Å². The van der Waals surface area contributed by atoms with Crippen molar-refractivity contribution in [3.63, 3.8) is 0 Å². The van der Waals surface area contributed by atoms with Crippen LogP contribution in [-0.2, 0) is 0 Å². The number of hydrogen-bond donors (Lipinski definition) is 1. The van der Waals surface area contributed by atoms with Crippen molar-refractivity contribution in [1.82, 2.24) is 4.98 Å². The van der Waals surface area contributed by atoms with Crippen molar-refractivity contribution >= 4 is 16.7 Å². The van der Waals surface area contributed by atoms with Gasteiger partial charge in [0.2, 0.25) is 0 Å². The molecule has 2 aromatic heterocycles. The summed E-state index contributed by atoms with van der Waals surface area (Å²) in [6.45, 7) is 6.15. The van der Waals surface area contributed by atoms with Gasteiger partial charge >= 0.3 is 5.63 Å². The van der Waals surface area contributed by atoms with Crippen molar-refractivity contribution in [1.29, 1.82) is 0 Å². The van der Waals surface area contributed by atoms with Crippen LogP contribution in [0.2, 0.25) is 0 Å². The Morgan fingerprint density at radius 2 is 2.07 bits per heavy atom. The second kappa shape index (κ2) is 8.25. The number of aliphatic hydroxyl groups excluding tert-OH is 1. The van der Waals surface area contributed by atoms with Gasteiger partial charge in [-0.05, 0) is 56.4 Å². The summed E-state index contributed by atoms with van der Waals surface area (Å²) in [6, 6.07) is 9.14. The second-order valence-corrected chi connectivity index (χ2v) is 7.76. The molecule has 0 amide bonds. The number of aliphatic hydroxyl groups is 1. The van der Waals surface area contributed by atoms with Crippen LogP contribution < -0.4 is 15.3 Å². The summed E-state index contributed by atoms with van der Waals surface area (Å²) < 4.78 is 11.3. The Kier molecular flexibility index (Phi) is 5.53. The minimum Gasteiger partial charge on any atom is -0.493 e. The van der Waals surface area contributed by atoms with Crippen LogP contribution in [-0.4, -0.2) is 29.8 Å². The Morgan fingerprint density at radius 3 is 2.83 bits per heavy atom. The number of rotatable bonds is 5. The summed E-state index contributed by atoms with van der Waals surface area (Å²) in [5.41, 5.74) is 3.06. The van der Waals surface area contributed by atoms with Crippen LogP contribution in [0, 0.1) is 12.8 Å². The summed E-state index contributed by atoms with van der Waals surface area (Å²) in [4.78, 5) is 18.1. The maximum absolute atomic E-state index is 11.6. The first-order valence-electron chi connectivity index (χ1n) is 10.1. The van der Waals surface area contributed by atoms with Gasteiger partial charge in [-0.1, -0.05) is 0 Å². The average molecular weight is 394 g/mol. The van der Waals surface area contributed by atoms with E-state index in [1.807, 2.05) is 25.1 Å². The molecule has 6 nitrogen and oxygen atoms in total. The lowest BCUT2D eigenvalue weighted by molar-refractivity contribution is 0.198. The molecule has 0 saturated carbocycles. The lowest BCUT2D eigenvalue weighted by atomic mass is 9.96. The third kappa shape index (κ3) is 4.27. The standard InChI is InChI=1S/C23H26N2O4/c1-15-11-23(27)29-22-12-18(3-4-19(15)22)28-14-17-6-9-25(10-7-17)21-5-8-24-13-20(21)16(2)26/h3-5,8,11-13,16-17,26H,6-7,9-10,14H2,1-2H3/t16-/m1/s1. The first kappa shape index (κ1) is 19.5. The van der Waals surface area contributed by atoms with Crippen LogP contribution in [0.5, 0.6) is 5.75 Å². The number of aryl methyl sites for hydroxylation is 1. The molecule has 1 N–H and O–H groups in total. The summed E-state index contributed by atoms with van der Waals surface area (Å²) in [6.07, 6.45) is 5.02. The van der Waals surface area contributed by atoms with E-state index in [0.717, 1.165) is 53.9 Å². The molecule has 0 spiro atoms. The van der Waals surface area contributed by atoms with Crippen molar-refractivity contribution < 1.29 is 14.3 Å². The number of piperidine rings is 1. The number of benzene rings is 1. The fourth-order valence-electron chi connectivity index (χ4n) is 3.96. The highest BCUT2D eigenvalue weighted by Gasteiger charge is 2.22. The smallest absolute Gasteiger partial charge is 0.336 e. The Balaban J connectivity index is 1.37. The highest BCUT2D eigenvalue weighted by Crippen LogP contribution is 2.30. The van der Waals surface area contributed by atoms with Gasteiger partial charge in [0.25, 0.3) is 0 Å². The first-order valence-corrected chi connectivity index (χ1v) is 10.1. The van der Waals surface area contributed by atoms with Gasteiger partial charge in [-0.3, -0.25) is 4.98 Å². The maximum atomic E-state index is 11.6. The molecule has 4 rings (SSSR count). The fourth-order valence-corrected chi connectivity index (χ4v) is 3.96. The number of ether oxygens (including phenoxy) is 1. The van der Waals surface area contributed by atoms with E-state index in [-0.39, 0.29) is 5.63 Å². The summed E-state index contributed by atoms with van der Waals surface area (Å²) in [7, 11) is 0. The van der Waals surface area contributed by atoms with Crippen molar-refractivity contribution in [3.8, 4) is 5.75 Å². The van der Waals surface area contributed by atoms with Crippen molar-refractivity contribution in [3.05, 3.63) is 64.3 Å². The lowest BCUT2D eigenvalue weighted by Gasteiger charge is -2.34. The number of anilines is 1. The number of hydrogen-bond acceptors (Lipinski definition) is 6. The van der Waals surface area contributed by atoms with E-state index in [2.05, 4.69) is 9.88 Å². The Bertz CT molecular complexity index is 1050. The molecule has 29 heavy (non-hydrogen) atoms. The highest BCUT2D eigenvalue weighted by atomic mass is 16.5. The number of pyridine rings is 1. The van der Waals surface area contributed by atoms with Gasteiger partial charge in [-0.2, -0.15) is 0 Å². The van der Waals surface area contributed by atoms with E-state index in [9.17, 15) is 9.90 Å². The van der Waals surface area contributed by atoms with E-state index >= 15 is 0 Å². The van der Waals surface area contributed by atoms with Crippen LogP contribution in [0.15, 0.2) is 51.9 Å². The Morgan fingerprint density at radius 1 is 1.28 bits per heavy atom. The summed E-state index contributed by atoms with van der Waals surface area (Å²) >= 11 is 0. The van der Waals surface area contributed by atoms with Gasteiger partial charge in [0.1, 0.15) is 11.3 Å². The van der Waals surface area contributed by atoms with Crippen LogP contribution >= 0.6 is 0 Å². The average Bonchev–Trinajstić information content (AvgIpc) is 2.72. The minimum absolute atomic E-state index is 0.341. The van der Waals surface area contributed by atoms with E-state index in [4.69, 9.17) is 9.15 Å². The van der Waals surface area contributed by atoms with E-state index < -0.39 is 6.10 Å². The molecule has 152 valence electrons. The van der Waals surface area contributed by atoms with E-state index in [1.54, 1.807) is 25.4 Å². The lowest BCUT2D eigenvalue weighted by Crippen LogP contribution is -2.36. The zero-order chi connectivity index (χ0) is 20.4. The molecule has 0 aliphatic carbocycles. The van der Waals surface area contributed by atoms with Gasteiger partial charge in [0.15, 0.2) is 0 Å². The molecule has 1 saturated heterocycles. The molecular formula is C23H26N2O4. The van der Waals surface area contributed by atoms with Crippen LogP contribution in [0.4, 0.5) is 5.69 Å². The first-order chi connectivity index (χ1) is 14.0. The molecular weight excluding hydrogens is 368 g/mol. The van der Waals surface area contributed by atoms with Crippen molar-refractivity contribution in [2.75, 3.05) is 24.6 Å². The maximum Gasteiger partial charge on any atom is 0.336 e. The van der Waals surface area contributed by atoms with Gasteiger partial charge in [-0.15, -0.1) is 0 Å². The number of aromatic nitrogens is 1. The van der Waals surface area contributed by atoms with Crippen molar-refractivity contribution in [2.24, 2.45) is 5.92 Å². The summed E-state index contributed by atoms with van der Waals surface area (Å²) in [5.74, 6) is 1.18. The quantitative estimate of drug-likeness (QED) is 0.663. The van der Waals surface area contributed by atoms with E-state index in [0.29, 0.717) is 18.1 Å². The predicted molar refractivity (Wildman–Crippen MR) is 113 cm³/mol. The van der Waals surface area contributed by atoms with Gasteiger partial charge in [0.05, 0.1) is 12.7 Å². The van der Waals surface area contributed by atoms with Gasteiger partial charge in [0, 0.05) is 54.3 Å². The third-order valence-corrected chi connectivity index (χ3v) is 5.64. The number of fused-ring (bicyclic) bond motifs is 1. The highest BCUT2D eigenvalue weighted by molar-refractivity contribution is 5.81. The fraction of sp³-hybridized carbons (Fsp3) is 0.391. The largest absolute Gasteiger partial charge is 0.493 e. The number of nitrogens with zero attached hydrogens (tertiary/aromatic N) is 2. The van der Waals surface area contributed by atoms with E-state index in [1.165, 1.54) is 6.07 Å². The molecule has 6 heteroatoms. The second-order valence-electron chi connectivity index (χ2n) is 7.76. The zero-order valence-electron chi connectivity index (χ0n) is 16.8. The SMILES string of the molecule is Cc1cc(=O)oc2cc(OCC3CCN(c4ccncc4[C@@H](C)O)CC3)ccc12. The third-order valence-electron chi connectivity index (χ3n) is 5.64. The molecule has 0 bridgehead atoms. The van der Waals surface area contributed by atoms with Crippen LogP contribution in [0.25, 0.3) is 11.0 Å². The molecule has 1 fully saturated rings. The molecule has 1 atom stereocenters. The molecule has 3 heterocycles. The van der Waals surface area contributed by atoms with Gasteiger partial charge in [-0.25, -0.2) is 4.79 Å².